The van der Waals surface area contributed by atoms with E-state index in [2.05, 4.69) is 4.72 Å². The maximum atomic E-state index is 12.4. The fourth-order valence-corrected chi connectivity index (χ4v) is 4.61. The molecular weight excluding hydrogens is 385 g/mol. The van der Waals surface area contributed by atoms with Crippen molar-refractivity contribution < 1.29 is 21.6 Å². The molecular formula is C14H20ClF3N2O2S2. The monoisotopic (exact) mass is 404 g/mol. The van der Waals surface area contributed by atoms with Gasteiger partial charge in [-0.3, -0.25) is 0 Å². The molecule has 1 aliphatic carbocycles. The van der Waals surface area contributed by atoms with E-state index in [-0.39, 0.29) is 45.9 Å². The molecule has 0 radical (unpaired) electrons. The van der Waals surface area contributed by atoms with E-state index in [1.807, 2.05) is 0 Å². The standard InChI is InChI=1S/C14H19F3N2O2S2.ClH/c15-14(16,17)22-11-5-7-12(8-6-11)23(20,21)19-13-4-2-1-3-10(13)9-18;/h5-8,10,13,19H,1-4,9,18H2;1H. The molecule has 0 spiro atoms. The van der Waals surface area contributed by atoms with E-state index in [1.54, 1.807) is 0 Å². The summed E-state index contributed by atoms with van der Waals surface area (Å²) < 4.78 is 64.3. The molecule has 0 saturated heterocycles. The van der Waals surface area contributed by atoms with Gasteiger partial charge in [0.05, 0.1) is 4.90 Å². The zero-order valence-electron chi connectivity index (χ0n) is 12.8. The highest BCUT2D eigenvalue weighted by Crippen LogP contribution is 2.37. The number of hydrogen-bond acceptors (Lipinski definition) is 4. The molecule has 2 unspecified atom stereocenters. The van der Waals surface area contributed by atoms with Crippen LogP contribution in [0.4, 0.5) is 13.2 Å². The van der Waals surface area contributed by atoms with Gasteiger partial charge < -0.3 is 5.73 Å². The van der Waals surface area contributed by atoms with Gasteiger partial charge in [-0.1, -0.05) is 12.8 Å². The van der Waals surface area contributed by atoms with Crippen LogP contribution in [0, 0.1) is 5.92 Å². The topological polar surface area (TPSA) is 72.2 Å². The molecule has 2 atom stereocenters. The number of halogens is 4. The van der Waals surface area contributed by atoms with Crippen LogP contribution in [0.2, 0.25) is 0 Å². The largest absolute Gasteiger partial charge is 0.446 e. The van der Waals surface area contributed by atoms with E-state index < -0.39 is 15.5 Å². The van der Waals surface area contributed by atoms with Crippen molar-refractivity contribution in [2.75, 3.05) is 6.54 Å². The van der Waals surface area contributed by atoms with E-state index in [0.717, 1.165) is 37.8 Å². The summed E-state index contributed by atoms with van der Waals surface area (Å²) in [7, 11) is -3.76. The average molecular weight is 405 g/mol. The van der Waals surface area contributed by atoms with Crippen molar-refractivity contribution in [3.63, 3.8) is 0 Å². The Hall–Kier alpha value is -0.480. The summed E-state index contributed by atoms with van der Waals surface area (Å²) in [6.45, 7) is 0.411. The van der Waals surface area contributed by atoms with E-state index in [4.69, 9.17) is 5.73 Å². The van der Waals surface area contributed by atoms with Crippen LogP contribution in [-0.2, 0) is 10.0 Å². The fourth-order valence-electron chi connectivity index (χ4n) is 2.73. The number of rotatable bonds is 5. The Labute approximate surface area is 150 Å². The van der Waals surface area contributed by atoms with Crippen LogP contribution >= 0.6 is 24.2 Å². The summed E-state index contributed by atoms with van der Waals surface area (Å²) in [5.41, 5.74) is 1.29. The van der Waals surface area contributed by atoms with Crippen LogP contribution < -0.4 is 10.5 Å². The van der Waals surface area contributed by atoms with Crippen LogP contribution in [0.5, 0.6) is 0 Å². The quantitative estimate of drug-likeness (QED) is 0.736. The fraction of sp³-hybridized carbons (Fsp3) is 0.571. The lowest BCUT2D eigenvalue weighted by Gasteiger charge is -2.31. The third-order valence-electron chi connectivity index (χ3n) is 3.89. The van der Waals surface area contributed by atoms with Crippen molar-refractivity contribution >= 4 is 34.2 Å². The van der Waals surface area contributed by atoms with Gasteiger partial charge in [-0.2, -0.15) is 13.2 Å². The lowest BCUT2D eigenvalue weighted by molar-refractivity contribution is -0.0328. The molecule has 1 aromatic carbocycles. The van der Waals surface area contributed by atoms with Gasteiger partial charge in [0, 0.05) is 10.9 Å². The van der Waals surface area contributed by atoms with Gasteiger partial charge in [-0.15, -0.1) is 12.4 Å². The molecule has 24 heavy (non-hydrogen) atoms. The highest BCUT2D eigenvalue weighted by Gasteiger charge is 2.30. The molecule has 1 saturated carbocycles. The molecule has 138 valence electrons. The molecule has 10 heteroatoms. The Morgan fingerprint density at radius 3 is 2.29 bits per heavy atom. The molecule has 1 aromatic rings. The zero-order valence-corrected chi connectivity index (χ0v) is 15.2. The lowest BCUT2D eigenvalue weighted by atomic mass is 9.85. The minimum absolute atomic E-state index is 0. The molecule has 3 N–H and O–H groups in total. The second-order valence-electron chi connectivity index (χ2n) is 5.53. The molecule has 0 aliphatic heterocycles. The smallest absolute Gasteiger partial charge is 0.330 e. The average Bonchev–Trinajstić information content (AvgIpc) is 2.46. The van der Waals surface area contributed by atoms with E-state index in [0.29, 0.717) is 6.54 Å². The molecule has 0 amide bonds. The summed E-state index contributed by atoms with van der Waals surface area (Å²) in [5, 5.41) is 0. The van der Waals surface area contributed by atoms with Gasteiger partial charge in [0.25, 0.3) is 0 Å². The summed E-state index contributed by atoms with van der Waals surface area (Å²) in [4.78, 5) is -0.0840. The van der Waals surface area contributed by atoms with Crippen molar-refractivity contribution in [3.8, 4) is 0 Å². The third-order valence-corrected chi connectivity index (χ3v) is 6.13. The second kappa shape index (κ2) is 8.75. The third kappa shape index (κ3) is 6.11. The van der Waals surface area contributed by atoms with Crippen LogP contribution in [0.1, 0.15) is 25.7 Å². The molecule has 0 bridgehead atoms. The minimum atomic E-state index is -4.39. The molecule has 2 rings (SSSR count). The molecule has 4 nitrogen and oxygen atoms in total. The van der Waals surface area contributed by atoms with E-state index in [1.165, 1.54) is 12.1 Å². The lowest BCUT2D eigenvalue weighted by Crippen LogP contribution is -2.44. The van der Waals surface area contributed by atoms with Crippen LogP contribution in [0.25, 0.3) is 0 Å². The van der Waals surface area contributed by atoms with Gasteiger partial charge in [-0.05, 0) is 61.3 Å². The summed E-state index contributed by atoms with van der Waals surface area (Å²) >= 11 is -0.272. The minimum Gasteiger partial charge on any atom is -0.330 e. The number of sulfonamides is 1. The maximum Gasteiger partial charge on any atom is 0.446 e. The predicted octanol–water partition coefficient (Wildman–Crippen LogP) is 3.52. The number of benzene rings is 1. The van der Waals surface area contributed by atoms with E-state index >= 15 is 0 Å². The molecule has 0 heterocycles. The van der Waals surface area contributed by atoms with Crippen molar-refractivity contribution in [1.29, 1.82) is 0 Å². The summed E-state index contributed by atoms with van der Waals surface area (Å²) in [6.07, 6.45) is 3.57. The Bertz CT molecular complexity index is 624. The first kappa shape index (κ1) is 21.6. The second-order valence-corrected chi connectivity index (χ2v) is 8.38. The van der Waals surface area contributed by atoms with Crippen molar-refractivity contribution in [2.45, 2.75) is 47.0 Å². The Kier molecular flexibility index (Phi) is 7.86. The maximum absolute atomic E-state index is 12.4. The Balaban J connectivity index is 0.00000288. The van der Waals surface area contributed by atoms with Gasteiger partial charge >= 0.3 is 5.51 Å². The first-order valence-electron chi connectivity index (χ1n) is 7.29. The van der Waals surface area contributed by atoms with Crippen molar-refractivity contribution in [2.24, 2.45) is 11.7 Å². The highest BCUT2D eigenvalue weighted by atomic mass is 35.5. The number of thioether (sulfide) groups is 1. The van der Waals surface area contributed by atoms with Crippen LogP contribution in [0.15, 0.2) is 34.1 Å². The number of nitrogens with one attached hydrogen (secondary N) is 1. The van der Waals surface area contributed by atoms with Crippen LogP contribution in [0.3, 0.4) is 0 Å². The summed E-state index contributed by atoms with van der Waals surface area (Å²) in [5.74, 6) is 0.0959. The molecule has 0 aromatic heterocycles. The SMILES string of the molecule is Cl.NCC1CCCCC1NS(=O)(=O)c1ccc(SC(F)(F)F)cc1. The van der Waals surface area contributed by atoms with Crippen LogP contribution in [-0.4, -0.2) is 26.5 Å². The van der Waals surface area contributed by atoms with Gasteiger partial charge in [0.1, 0.15) is 0 Å². The van der Waals surface area contributed by atoms with Crippen molar-refractivity contribution in [3.05, 3.63) is 24.3 Å². The van der Waals surface area contributed by atoms with E-state index in [9.17, 15) is 21.6 Å². The number of alkyl halides is 3. The van der Waals surface area contributed by atoms with Crippen molar-refractivity contribution in [1.82, 2.24) is 4.72 Å². The first-order valence-corrected chi connectivity index (χ1v) is 9.59. The number of hydrogen-bond donors (Lipinski definition) is 2. The highest BCUT2D eigenvalue weighted by molar-refractivity contribution is 8.00. The molecule has 1 aliphatic rings. The summed E-state index contributed by atoms with van der Waals surface area (Å²) in [6, 6.07) is 4.48. The number of nitrogens with two attached hydrogens (primary N) is 1. The van der Waals surface area contributed by atoms with Gasteiger partial charge in [-0.25, -0.2) is 13.1 Å². The van der Waals surface area contributed by atoms with Gasteiger partial charge in [0.2, 0.25) is 10.0 Å². The predicted molar refractivity (Wildman–Crippen MR) is 90.7 cm³/mol. The zero-order chi connectivity index (χ0) is 17.1. The van der Waals surface area contributed by atoms with Gasteiger partial charge in [0.15, 0.2) is 0 Å². The Morgan fingerprint density at radius 1 is 1.17 bits per heavy atom. The first-order chi connectivity index (χ1) is 10.7. The molecule has 1 fully saturated rings. The Morgan fingerprint density at radius 2 is 1.75 bits per heavy atom. The normalized spacial score (nSPS) is 22.0.